The van der Waals surface area contributed by atoms with Crippen LogP contribution >= 0.6 is 0 Å². The average molecular weight is 418 g/mol. The number of methoxy groups -OCH3 is 2. The van der Waals surface area contributed by atoms with Gasteiger partial charge in [-0.2, -0.15) is 0 Å². The summed E-state index contributed by atoms with van der Waals surface area (Å²) in [6, 6.07) is 16.3. The maximum absolute atomic E-state index is 12.5. The minimum Gasteiger partial charge on any atom is -0.465 e. The van der Waals surface area contributed by atoms with E-state index in [-0.39, 0.29) is 16.7 Å². The number of ether oxygens (including phenoxy) is 2. The lowest BCUT2D eigenvalue weighted by molar-refractivity contribution is -0.139. The van der Waals surface area contributed by atoms with Gasteiger partial charge in [-0.05, 0) is 46.4 Å². The van der Waals surface area contributed by atoms with Crippen molar-refractivity contribution in [1.29, 1.82) is 0 Å². The van der Waals surface area contributed by atoms with Crippen LogP contribution in [-0.2, 0) is 24.5 Å². The fraction of sp³-hybridized carbons (Fsp3) is 0.231. The molecule has 0 fully saturated rings. The van der Waals surface area contributed by atoms with Crippen molar-refractivity contribution >= 4 is 17.6 Å². The fourth-order valence-corrected chi connectivity index (χ4v) is 3.34. The third kappa shape index (κ3) is 4.77. The molecule has 0 spiro atoms. The van der Waals surface area contributed by atoms with Crippen LogP contribution in [0.3, 0.4) is 0 Å². The predicted octanol–water partition coefficient (Wildman–Crippen LogP) is 5.14. The topological polar surface area (TPSA) is 55.8 Å². The SMILES string of the molecule is COC(=O)C1=C(C(=O)OC)N(c2ccc(-c3ccc(C(C)(C)C)cc3)cc2)C=CC=C1. The Kier molecular flexibility index (Phi) is 6.44. The number of anilines is 1. The Bertz CT molecular complexity index is 1050. The summed E-state index contributed by atoms with van der Waals surface area (Å²) in [4.78, 5) is 26.4. The van der Waals surface area contributed by atoms with Crippen molar-refractivity contribution in [3.05, 3.63) is 89.8 Å². The highest BCUT2D eigenvalue weighted by atomic mass is 16.5. The average Bonchev–Trinajstić information content (AvgIpc) is 3.00. The van der Waals surface area contributed by atoms with E-state index in [4.69, 9.17) is 9.47 Å². The molecule has 160 valence electrons. The van der Waals surface area contributed by atoms with Crippen LogP contribution in [0.5, 0.6) is 0 Å². The van der Waals surface area contributed by atoms with Crippen molar-refractivity contribution in [2.45, 2.75) is 26.2 Å². The second-order valence-corrected chi connectivity index (χ2v) is 8.19. The number of esters is 2. The summed E-state index contributed by atoms with van der Waals surface area (Å²) in [5.74, 6) is -1.24. The molecule has 31 heavy (non-hydrogen) atoms. The monoisotopic (exact) mass is 417 g/mol. The highest BCUT2D eigenvalue weighted by Crippen LogP contribution is 2.30. The number of carbonyl (C=O) groups is 2. The lowest BCUT2D eigenvalue weighted by Gasteiger charge is -2.23. The van der Waals surface area contributed by atoms with Gasteiger partial charge in [0.1, 0.15) is 5.70 Å². The molecule has 1 aliphatic rings. The van der Waals surface area contributed by atoms with Crippen molar-refractivity contribution in [3.8, 4) is 11.1 Å². The predicted molar refractivity (Wildman–Crippen MR) is 122 cm³/mol. The van der Waals surface area contributed by atoms with Crippen LogP contribution in [0.2, 0.25) is 0 Å². The van der Waals surface area contributed by atoms with E-state index in [0.29, 0.717) is 0 Å². The summed E-state index contributed by atoms with van der Waals surface area (Å²) >= 11 is 0. The Morgan fingerprint density at radius 1 is 0.774 bits per heavy atom. The zero-order chi connectivity index (χ0) is 22.6. The number of hydrogen-bond donors (Lipinski definition) is 0. The fourth-order valence-electron chi connectivity index (χ4n) is 3.34. The summed E-state index contributed by atoms with van der Waals surface area (Å²) in [5.41, 5.74) is 4.48. The molecule has 0 aliphatic carbocycles. The van der Waals surface area contributed by atoms with Gasteiger partial charge in [0.05, 0.1) is 19.8 Å². The van der Waals surface area contributed by atoms with Gasteiger partial charge in [-0.25, -0.2) is 9.59 Å². The molecule has 1 aliphatic heterocycles. The number of benzene rings is 2. The lowest BCUT2D eigenvalue weighted by atomic mass is 9.86. The second kappa shape index (κ2) is 9.04. The summed E-state index contributed by atoms with van der Waals surface area (Å²) in [7, 11) is 2.56. The number of nitrogens with zero attached hydrogens (tertiary/aromatic N) is 1. The Balaban J connectivity index is 1.98. The third-order valence-corrected chi connectivity index (χ3v) is 5.12. The van der Waals surface area contributed by atoms with Gasteiger partial charge in [-0.15, -0.1) is 0 Å². The Morgan fingerprint density at radius 2 is 1.32 bits per heavy atom. The van der Waals surface area contributed by atoms with Crippen LogP contribution in [0.4, 0.5) is 5.69 Å². The number of hydrogen-bond acceptors (Lipinski definition) is 5. The van der Waals surface area contributed by atoms with E-state index in [1.54, 1.807) is 29.3 Å². The first kappa shape index (κ1) is 22.1. The van der Waals surface area contributed by atoms with Gasteiger partial charge in [0.2, 0.25) is 0 Å². The summed E-state index contributed by atoms with van der Waals surface area (Å²) in [5, 5.41) is 0. The summed E-state index contributed by atoms with van der Waals surface area (Å²) < 4.78 is 9.79. The Hall–Kier alpha value is -3.60. The van der Waals surface area contributed by atoms with Crippen LogP contribution in [0.1, 0.15) is 26.3 Å². The van der Waals surface area contributed by atoms with Gasteiger partial charge in [-0.1, -0.05) is 63.2 Å². The molecule has 1 heterocycles. The Labute approximate surface area is 183 Å². The van der Waals surface area contributed by atoms with Crippen LogP contribution < -0.4 is 4.90 Å². The van der Waals surface area contributed by atoms with Gasteiger partial charge in [0.25, 0.3) is 0 Å². The maximum Gasteiger partial charge on any atom is 0.355 e. The number of allylic oxidation sites excluding steroid dienone is 2. The van der Waals surface area contributed by atoms with Crippen molar-refractivity contribution in [2.75, 3.05) is 19.1 Å². The van der Waals surface area contributed by atoms with Gasteiger partial charge in [0, 0.05) is 11.9 Å². The highest BCUT2D eigenvalue weighted by Gasteiger charge is 2.27. The molecule has 0 saturated carbocycles. The molecule has 0 N–H and O–H groups in total. The lowest BCUT2D eigenvalue weighted by Crippen LogP contribution is -2.26. The molecule has 0 atom stereocenters. The van der Waals surface area contributed by atoms with Gasteiger partial charge in [-0.3, -0.25) is 0 Å². The molecule has 5 heteroatoms. The van der Waals surface area contributed by atoms with Gasteiger partial charge < -0.3 is 14.4 Å². The van der Waals surface area contributed by atoms with Gasteiger partial charge >= 0.3 is 11.9 Å². The summed E-state index contributed by atoms with van der Waals surface area (Å²) in [6.45, 7) is 6.57. The second-order valence-electron chi connectivity index (χ2n) is 8.19. The first-order valence-corrected chi connectivity index (χ1v) is 10.0. The van der Waals surface area contributed by atoms with Crippen LogP contribution in [0, 0.1) is 0 Å². The van der Waals surface area contributed by atoms with E-state index in [1.807, 2.05) is 24.3 Å². The minimum absolute atomic E-state index is 0.0987. The smallest absolute Gasteiger partial charge is 0.355 e. The van der Waals surface area contributed by atoms with E-state index in [2.05, 4.69) is 45.0 Å². The molecule has 2 aromatic carbocycles. The van der Waals surface area contributed by atoms with Gasteiger partial charge in [0.15, 0.2) is 0 Å². The normalized spacial score (nSPS) is 13.8. The molecule has 3 rings (SSSR count). The van der Waals surface area contributed by atoms with Crippen molar-refractivity contribution in [3.63, 3.8) is 0 Å². The zero-order valence-corrected chi connectivity index (χ0v) is 18.5. The molecule has 0 saturated heterocycles. The molecule has 0 radical (unpaired) electrons. The van der Waals surface area contributed by atoms with E-state index in [9.17, 15) is 9.59 Å². The molecule has 0 amide bonds. The molecular weight excluding hydrogens is 390 g/mol. The summed E-state index contributed by atoms with van der Waals surface area (Å²) in [6.07, 6.45) is 6.68. The van der Waals surface area contributed by atoms with Crippen LogP contribution in [0.25, 0.3) is 11.1 Å². The largest absolute Gasteiger partial charge is 0.465 e. The van der Waals surface area contributed by atoms with E-state index in [0.717, 1.165) is 16.8 Å². The van der Waals surface area contributed by atoms with E-state index < -0.39 is 11.9 Å². The van der Waals surface area contributed by atoms with E-state index >= 15 is 0 Å². The molecule has 5 nitrogen and oxygen atoms in total. The standard InChI is InChI=1S/C26H27NO4/c1-26(2,3)20-13-9-18(10-14-20)19-11-15-21(16-12-19)27-17-7-6-8-22(24(28)30-4)23(27)25(29)31-5/h6-17H,1-5H3. The first-order chi connectivity index (χ1) is 14.8. The molecule has 0 bridgehead atoms. The molecule has 2 aromatic rings. The number of rotatable bonds is 4. The van der Waals surface area contributed by atoms with Crippen molar-refractivity contribution in [1.82, 2.24) is 0 Å². The molecule has 0 unspecified atom stereocenters. The number of carbonyl (C=O) groups excluding carboxylic acids is 2. The van der Waals surface area contributed by atoms with Crippen LogP contribution in [0.15, 0.2) is 84.2 Å². The maximum atomic E-state index is 12.5. The Morgan fingerprint density at radius 3 is 1.84 bits per heavy atom. The zero-order valence-electron chi connectivity index (χ0n) is 18.5. The first-order valence-electron chi connectivity index (χ1n) is 10.0. The molecule has 0 aromatic heterocycles. The quantitative estimate of drug-likeness (QED) is 0.645. The molecular formula is C26H27NO4. The van der Waals surface area contributed by atoms with Crippen molar-refractivity contribution in [2.24, 2.45) is 0 Å². The third-order valence-electron chi connectivity index (χ3n) is 5.12. The highest BCUT2D eigenvalue weighted by molar-refractivity contribution is 6.05. The van der Waals surface area contributed by atoms with Crippen molar-refractivity contribution < 1.29 is 19.1 Å². The van der Waals surface area contributed by atoms with E-state index in [1.165, 1.54) is 19.8 Å². The minimum atomic E-state index is -0.626. The van der Waals surface area contributed by atoms with Crippen LogP contribution in [-0.4, -0.2) is 26.2 Å².